The summed E-state index contributed by atoms with van der Waals surface area (Å²) in [5.41, 5.74) is 3.25. The predicted molar refractivity (Wildman–Crippen MR) is 106 cm³/mol. The van der Waals surface area contributed by atoms with Gasteiger partial charge in [0.2, 0.25) is 0 Å². The van der Waals surface area contributed by atoms with E-state index in [0.29, 0.717) is 12.1 Å². The summed E-state index contributed by atoms with van der Waals surface area (Å²) in [6, 6.07) is 22.6. The molecular formula is C23H25NO. The normalized spacial score (nSPS) is 11.5. The fourth-order valence-electron chi connectivity index (χ4n) is 2.93. The first-order valence-corrected chi connectivity index (χ1v) is 8.80. The van der Waals surface area contributed by atoms with E-state index in [1.54, 1.807) is 0 Å². The first-order chi connectivity index (χ1) is 11.9. The van der Waals surface area contributed by atoms with Crippen LogP contribution in [0.4, 0.5) is 0 Å². The minimum absolute atomic E-state index is 0.00582. The van der Waals surface area contributed by atoms with E-state index in [1.165, 1.54) is 16.3 Å². The molecule has 25 heavy (non-hydrogen) atoms. The lowest BCUT2D eigenvalue weighted by molar-refractivity contribution is 0.0949. The summed E-state index contributed by atoms with van der Waals surface area (Å²) in [4.78, 5) is 12.3. The summed E-state index contributed by atoms with van der Waals surface area (Å²) in [7, 11) is 0. The molecule has 128 valence electrons. The zero-order chi connectivity index (χ0) is 17.9. The smallest absolute Gasteiger partial charge is 0.251 e. The molecule has 1 amide bonds. The largest absolute Gasteiger partial charge is 0.352 e. The number of carbonyl (C=O) groups excluding carboxylic acids is 1. The Morgan fingerprint density at radius 2 is 1.56 bits per heavy atom. The average molecular weight is 331 g/mol. The number of fused-ring (bicyclic) bond motifs is 1. The Morgan fingerprint density at radius 3 is 2.28 bits per heavy atom. The van der Waals surface area contributed by atoms with Crippen LogP contribution in [0.2, 0.25) is 0 Å². The van der Waals surface area contributed by atoms with Crippen LogP contribution in [-0.4, -0.2) is 12.5 Å². The van der Waals surface area contributed by atoms with Gasteiger partial charge in [0.25, 0.3) is 5.91 Å². The molecule has 3 rings (SSSR count). The third-order valence-corrected chi connectivity index (χ3v) is 4.41. The van der Waals surface area contributed by atoms with Gasteiger partial charge in [-0.25, -0.2) is 0 Å². The van der Waals surface area contributed by atoms with Gasteiger partial charge in [-0.1, -0.05) is 75.4 Å². The van der Waals surface area contributed by atoms with E-state index in [2.05, 4.69) is 68.6 Å². The first kappa shape index (κ1) is 17.2. The molecule has 0 radical (unpaired) electrons. The van der Waals surface area contributed by atoms with Crippen LogP contribution in [-0.2, 0) is 0 Å². The number of carbonyl (C=O) groups is 1. The van der Waals surface area contributed by atoms with Gasteiger partial charge >= 0.3 is 0 Å². The lowest BCUT2D eigenvalue weighted by atomic mass is 9.92. The van der Waals surface area contributed by atoms with Crippen LogP contribution in [0.1, 0.15) is 37.6 Å². The van der Waals surface area contributed by atoms with Crippen molar-refractivity contribution in [3.8, 4) is 11.1 Å². The Hall–Kier alpha value is -2.61. The van der Waals surface area contributed by atoms with Crippen LogP contribution >= 0.6 is 0 Å². The molecule has 0 saturated heterocycles. The van der Waals surface area contributed by atoms with Gasteiger partial charge in [-0.05, 0) is 45.9 Å². The molecule has 2 heteroatoms. The SMILES string of the molecule is CC(C)(C)CCNC(=O)c1ccc(-c2cccc3ccccc23)cc1. The Kier molecular flexibility index (Phi) is 4.89. The zero-order valence-electron chi connectivity index (χ0n) is 15.2. The lowest BCUT2D eigenvalue weighted by Crippen LogP contribution is -2.27. The van der Waals surface area contributed by atoms with Crippen molar-refractivity contribution in [2.45, 2.75) is 27.2 Å². The van der Waals surface area contributed by atoms with Gasteiger partial charge in [-0.3, -0.25) is 4.79 Å². The molecule has 3 aromatic carbocycles. The van der Waals surface area contributed by atoms with Crippen molar-refractivity contribution >= 4 is 16.7 Å². The van der Waals surface area contributed by atoms with Crippen molar-refractivity contribution in [3.05, 3.63) is 72.3 Å². The number of hydrogen-bond acceptors (Lipinski definition) is 1. The molecule has 0 aliphatic carbocycles. The fourth-order valence-corrected chi connectivity index (χ4v) is 2.93. The van der Waals surface area contributed by atoms with Gasteiger partial charge in [0, 0.05) is 12.1 Å². The van der Waals surface area contributed by atoms with Crippen LogP contribution < -0.4 is 5.32 Å². The first-order valence-electron chi connectivity index (χ1n) is 8.80. The third kappa shape index (κ3) is 4.27. The van der Waals surface area contributed by atoms with Crippen LogP contribution in [0.15, 0.2) is 66.7 Å². The van der Waals surface area contributed by atoms with Crippen LogP contribution in [0.25, 0.3) is 21.9 Å². The summed E-state index contributed by atoms with van der Waals surface area (Å²) < 4.78 is 0. The van der Waals surface area contributed by atoms with E-state index in [4.69, 9.17) is 0 Å². The fraction of sp³-hybridized carbons (Fsp3) is 0.261. The standard InChI is InChI=1S/C23H25NO/c1-23(2,3)15-16-24-22(25)19-13-11-18(12-14-19)21-10-6-8-17-7-4-5-9-20(17)21/h4-14H,15-16H2,1-3H3,(H,24,25). The molecule has 0 fully saturated rings. The maximum atomic E-state index is 12.3. The van der Waals surface area contributed by atoms with Gasteiger partial charge in [-0.2, -0.15) is 0 Å². The Balaban J connectivity index is 1.77. The predicted octanol–water partition coefficient (Wildman–Crippen LogP) is 5.67. The number of hydrogen-bond donors (Lipinski definition) is 1. The minimum Gasteiger partial charge on any atom is -0.352 e. The minimum atomic E-state index is -0.00582. The highest BCUT2D eigenvalue weighted by Gasteiger charge is 2.11. The molecule has 0 aromatic heterocycles. The van der Waals surface area contributed by atoms with Crippen molar-refractivity contribution < 1.29 is 4.79 Å². The van der Waals surface area contributed by atoms with Crippen molar-refractivity contribution in [3.63, 3.8) is 0 Å². The van der Waals surface area contributed by atoms with E-state index in [0.717, 1.165) is 12.0 Å². The molecule has 0 unspecified atom stereocenters. The Bertz CT molecular complexity index is 867. The third-order valence-electron chi connectivity index (χ3n) is 4.41. The van der Waals surface area contributed by atoms with Crippen molar-refractivity contribution in [2.24, 2.45) is 5.41 Å². The zero-order valence-corrected chi connectivity index (χ0v) is 15.2. The molecule has 2 nitrogen and oxygen atoms in total. The second-order valence-electron chi connectivity index (χ2n) is 7.67. The quantitative estimate of drug-likeness (QED) is 0.655. The molecule has 0 atom stereocenters. The van der Waals surface area contributed by atoms with Gasteiger partial charge in [0.1, 0.15) is 0 Å². The molecule has 0 heterocycles. The van der Waals surface area contributed by atoms with E-state index in [9.17, 15) is 4.79 Å². The highest BCUT2D eigenvalue weighted by atomic mass is 16.1. The highest BCUT2D eigenvalue weighted by Crippen LogP contribution is 2.28. The molecule has 0 aliphatic heterocycles. The number of nitrogens with one attached hydrogen (secondary N) is 1. The summed E-state index contributed by atoms with van der Waals surface area (Å²) in [6.07, 6.45) is 0.965. The average Bonchev–Trinajstić information content (AvgIpc) is 2.60. The molecule has 3 aromatic rings. The molecule has 1 N–H and O–H groups in total. The number of rotatable bonds is 4. The molecule has 0 spiro atoms. The number of amides is 1. The Labute approximate surface area is 149 Å². The topological polar surface area (TPSA) is 29.1 Å². The van der Waals surface area contributed by atoms with E-state index < -0.39 is 0 Å². The molecule has 0 bridgehead atoms. The highest BCUT2D eigenvalue weighted by molar-refractivity contribution is 5.98. The van der Waals surface area contributed by atoms with Crippen LogP contribution in [0.5, 0.6) is 0 Å². The summed E-state index contributed by atoms with van der Waals surface area (Å²) >= 11 is 0. The van der Waals surface area contributed by atoms with Gasteiger partial charge in [-0.15, -0.1) is 0 Å². The maximum absolute atomic E-state index is 12.3. The maximum Gasteiger partial charge on any atom is 0.251 e. The number of benzene rings is 3. The van der Waals surface area contributed by atoms with Gasteiger partial charge in [0.05, 0.1) is 0 Å². The van der Waals surface area contributed by atoms with Crippen LogP contribution in [0.3, 0.4) is 0 Å². The van der Waals surface area contributed by atoms with E-state index in [-0.39, 0.29) is 11.3 Å². The van der Waals surface area contributed by atoms with Crippen LogP contribution in [0, 0.1) is 5.41 Å². The second kappa shape index (κ2) is 7.10. The van der Waals surface area contributed by atoms with Crippen molar-refractivity contribution in [1.82, 2.24) is 5.32 Å². The Morgan fingerprint density at radius 1 is 0.880 bits per heavy atom. The molecule has 0 saturated carbocycles. The van der Waals surface area contributed by atoms with E-state index in [1.807, 2.05) is 24.3 Å². The summed E-state index contributed by atoms with van der Waals surface area (Å²) in [5, 5.41) is 5.46. The van der Waals surface area contributed by atoms with Gasteiger partial charge < -0.3 is 5.32 Å². The monoisotopic (exact) mass is 331 g/mol. The summed E-state index contributed by atoms with van der Waals surface area (Å²) in [6.45, 7) is 7.24. The van der Waals surface area contributed by atoms with Gasteiger partial charge in [0.15, 0.2) is 0 Å². The lowest BCUT2D eigenvalue weighted by Gasteiger charge is -2.18. The van der Waals surface area contributed by atoms with Crippen molar-refractivity contribution in [1.29, 1.82) is 0 Å². The molecule has 0 aliphatic rings. The second-order valence-corrected chi connectivity index (χ2v) is 7.67. The summed E-state index contributed by atoms with van der Waals surface area (Å²) in [5.74, 6) is -0.00582. The molecular weight excluding hydrogens is 306 g/mol. The van der Waals surface area contributed by atoms with Crippen molar-refractivity contribution in [2.75, 3.05) is 6.54 Å². The van der Waals surface area contributed by atoms with E-state index >= 15 is 0 Å².